The zero-order valence-electron chi connectivity index (χ0n) is 21.0. The molecule has 1 N–H and O–H groups in total. The van der Waals surface area contributed by atoms with Gasteiger partial charge in [-0.1, -0.05) is 61.4 Å². The van der Waals surface area contributed by atoms with Crippen molar-refractivity contribution in [2.24, 2.45) is 5.92 Å². The summed E-state index contributed by atoms with van der Waals surface area (Å²) in [5.74, 6) is 0.566. The molecular weight excluding hydrogens is 450 g/mol. The monoisotopic (exact) mass is 487 g/mol. The van der Waals surface area contributed by atoms with Crippen molar-refractivity contribution in [1.29, 1.82) is 0 Å². The summed E-state index contributed by atoms with van der Waals surface area (Å²) < 4.78 is 0. The van der Waals surface area contributed by atoms with Crippen molar-refractivity contribution in [2.75, 3.05) is 13.1 Å². The number of likely N-dealkylation sites (tertiary alicyclic amines) is 2. The Kier molecular flexibility index (Phi) is 7.69. The predicted molar refractivity (Wildman–Crippen MR) is 139 cm³/mol. The minimum atomic E-state index is -0.372. The van der Waals surface area contributed by atoms with Crippen LogP contribution in [0.4, 0.5) is 0 Å². The zero-order chi connectivity index (χ0) is 24.9. The van der Waals surface area contributed by atoms with Gasteiger partial charge in [0.15, 0.2) is 0 Å². The lowest BCUT2D eigenvalue weighted by Gasteiger charge is -2.37. The van der Waals surface area contributed by atoms with Crippen LogP contribution >= 0.6 is 0 Å². The van der Waals surface area contributed by atoms with E-state index in [1.165, 1.54) is 12.0 Å². The first kappa shape index (κ1) is 24.5. The molecular formula is C30H37N3O3. The number of carbonyl (C=O) groups excluding carboxylic acids is 3. The van der Waals surface area contributed by atoms with E-state index in [0.29, 0.717) is 31.0 Å². The fourth-order valence-corrected chi connectivity index (χ4v) is 6.36. The van der Waals surface area contributed by atoms with E-state index in [2.05, 4.69) is 5.32 Å². The lowest BCUT2D eigenvalue weighted by Crippen LogP contribution is -2.54. The second-order valence-electron chi connectivity index (χ2n) is 10.6. The third-order valence-corrected chi connectivity index (χ3v) is 8.28. The summed E-state index contributed by atoms with van der Waals surface area (Å²) in [6, 6.07) is 19.3. The number of nitrogens with zero attached hydrogens (tertiary/aromatic N) is 2. The molecule has 6 nitrogen and oxygen atoms in total. The Hall–Kier alpha value is -3.15. The molecule has 3 unspecified atom stereocenters. The van der Waals surface area contributed by atoms with Gasteiger partial charge in [0.05, 0.1) is 0 Å². The van der Waals surface area contributed by atoms with E-state index < -0.39 is 0 Å². The van der Waals surface area contributed by atoms with Gasteiger partial charge in [-0.25, -0.2) is 0 Å². The van der Waals surface area contributed by atoms with Gasteiger partial charge in [-0.2, -0.15) is 0 Å². The van der Waals surface area contributed by atoms with E-state index >= 15 is 0 Å². The molecule has 0 bridgehead atoms. The summed E-state index contributed by atoms with van der Waals surface area (Å²) in [5.41, 5.74) is 1.83. The summed E-state index contributed by atoms with van der Waals surface area (Å²) in [6.07, 6.45) is 7.90. The van der Waals surface area contributed by atoms with Crippen LogP contribution in [0.1, 0.15) is 67.3 Å². The zero-order valence-corrected chi connectivity index (χ0v) is 21.0. The van der Waals surface area contributed by atoms with E-state index in [-0.39, 0.29) is 35.8 Å². The van der Waals surface area contributed by atoms with Crippen LogP contribution in [0.2, 0.25) is 0 Å². The Bertz CT molecular complexity index is 1050. The van der Waals surface area contributed by atoms with Gasteiger partial charge >= 0.3 is 0 Å². The normalized spacial score (nSPS) is 24.3. The van der Waals surface area contributed by atoms with Gasteiger partial charge in [0, 0.05) is 37.2 Å². The van der Waals surface area contributed by atoms with E-state index in [1.54, 1.807) is 0 Å². The number of piperidine rings is 1. The first-order chi connectivity index (χ1) is 17.6. The van der Waals surface area contributed by atoms with Crippen LogP contribution in [-0.4, -0.2) is 58.7 Å². The summed E-state index contributed by atoms with van der Waals surface area (Å²) >= 11 is 0. The lowest BCUT2D eigenvalue weighted by molar-refractivity contribution is -0.136. The van der Waals surface area contributed by atoms with E-state index in [9.17, 15) is 14.4 Å². The number of carbonyl (C=O) groups is 3. The number of hydrogen-bond donors (Lipinski definition) is 1. The molecule has 190 valence electrons. The molecule has 1 saturated carbocycles. The molecule has 3 amide bonds. The molecule has 0 radical (unpaired) electrons. The first-order valence-electron chi connectivity index (χ1n) is 13.6. The quantitative estimate of drug-likeness (QED) is 0.664. The number of fused-ring (bicyclic) bond motifs is 1. The van der Waals surface area contributed by atoms with Crippen molar-refractivity contribution in [2.45, 2.75) is 75.9 Å². The summed E-state index contributed by atoms with van der Waals surface area (Å²) in [5, 5.41) is 3.17. The predicted octanol–water partition coefficient (Wildman–Crippen LogP) is 4.20. The van der Waals surface area contributed by atoms with Crippen LogP contribution in [0.3, 0.4) is 0 Å². The number of amides is 3. The summed E-state index contributed by atoms with van der Waals surface area (Å²) in [4.78, 5) is 43.6. The second kappa shape index (κ2) is 11.3. The van der Waals surface area contributed by atoms with Crippen LogP contribution in [0, 0.1) is 5.92 Å². The molecule has 3 atom stereocenters. The average Bonchev–Trinajstić information content (AvgIpc) is 3.32. The fourth-order valence-electron chi connectivity index (χ4n) is 6.36. The van der Waals surface area contributed by atoms with E-state index in [0.717, 1.165) is 44.9 Å². The number of rotatable bonds is 6. The molecule has 5 rings (SSSR count). The third kappa shape index (κ3) is 5.48. The number of hydrogen-bond acceptors (Lipinski definition) is 3. The maximum absolute atomic E-state index is 13.7. The van der Waals surface area contributed by atoms with E-state index in [4.69, 9.17) is 0 Å². The lowest BCUT2D eigenvalue weighted by atomic mass is 9.84. The maximum atomic E-state index is 13.7. The molecule has 1 aliphatic carbocycles. The Morgan fingerprint density at radius 2 is 1.50 bits per heavy atom. The first-order valence-corrected chi connectivity index (χ1v) is 13.6. The minimum Gasteiger partial charge on any atom is -0.353 e. The van der Waals surface area contributed by atoms with Crippen LogP contribution in [-0.2, 0) is 16.0 Å². The van der Waals surface area contributed by atoms with Gasteiger partial charge in [0.1, 0.15) is 6.04 Å². The highest BCUT2D eigenvalue weighted by molar-refractivity contribution is 5.98. The van der Waals surface area contributed by atoms with Crippen LogP contribution < -0.4 is 5.32 Å². The highest BCUT2D eigenvalue weighted by atomic mass is 16.2. The Balaban J connectivity index is 1.18. The SMILES string of the molecule is O=C(CCc1ccccc1)NC1CCN(C(=O)C2CC3CCCCC3N2C(=O)c2ccccc2)CC1. The summed E-state index contributed by atoms with van der Waals surface area (Å²) in [7, 11) is 0. The van der Waals surface area contributed by atoms with Crippen molar-refractivity contribution >= 4 is 17.7 Å². The van der Waals surface area contributed by atoms with Gasteiger partial charge in [0.2, 0.25) is 11.8 Å². The van der Waals surface area contributed by atoms with Crippen molar-refractivity contribution < 1.29 is 14.4 Å². The molecule has 0 spiro atoms. The molecule has 36 heavy (non-hydrogen) atoms. The molecule has 3 aliphatic rings. The third-order valence-electron chi connectivity index (χ3n) is 8.28. The van der Waals surface area contributed by atoms with Crippen LogP contribution in [0.25, 0.3) is 0 Å². The maximum Gasteiger partial charge on any atom is 0.254 e. The molecule has 2 aromatic carbocycles. The molecule has 2 aliphatic heterocycles. The van der Waals surface area contributed by atoms with E-state index in [1.807, 2.05) is 70.5 Å². The number of aryl methyl sites for hydroxylation is 1. The molecule has 0 aromatic heterocycles. The molecule has 2 aromatic rings. The van der Waals surface area contributed by atoms with Gasteiger partial charge in [-0.3, -0.25) is 14.4 Å². The Labute approximate surface area is 214 Å². The number of nitrogens with one attached hydrogen (secondary N) is 1. The van der Waals surface area contributed by atoms with Crippen LogP contribution in [0.15, 0.2) is 60.7 Å². The molecule has 6 heteroatoms. The fraction of sp³-hybridized carbons (Fsp3) is 0.500. The Morgan fingerprint density at radius 3 is 2.22 bits per heavy atom. The van der Waals surface area contributed by atoms with Crippen molar-refractivity contribution in [1.82, 2.24) is 15.1 Å². The average molecular weight is 488 g/mol. The molecule has 3 fully saturated rings. The highest BCUT2D eigenvalue weighted by Gasteiger charge is 2.48. The van der Waals surface area contributed by atoms with Crippen molar-refractivity contribution in [3.05, 3.63) is 71.8 Å². The van der Waals surface area contributed by atoms with Gasteiger partial charge in [0.25, 0.3) is 5.91 Å². The van der Waals surface area contributed by atoms with Crippen LogP contribution in [0.5, 0.6) is 0 Å². The highest BCUT2D eigenvalue weighted by Crippen LogP contribution is 2.41. The Morgan fingerprint density at radius 1 is 0.833 bits per heavy atom. The molecule has 2 saturated heterocycles. The topological polar surface area (TPSA) is 69.7 Å². The van der Waals surface area contributed by atoms with Crippen molar-refractivity contribution in [3.63, 3.8) is 0 Å². The van der Waals surface area contributed by atoms with Gasteiger partial charge in [-0.05, 0) is 62.1 Å². The second-order valence-corrected chi connectivity index (χ2v) is 10.6. The van der Waals surface area contributed by atoms with Gasteiger partial charge in [-0.15, -0.1) is 0 Å². The number of benzene rings is 2. The van der Waals surface area contributed by atoms with Crippen molar-refractivity contribution in [3.8, 4) is 0 Å². The minimum absolute atomic E-state index is 0.0103. The smallest absolute Gasteiger partial charge is 0.254 e. The van der Waals surface area contributed by atoms with Gasteiger partial charge < -0.3 is 15.1 Å². The largest absolute Gasteiger partial charge is 0.353 e. The summed E-state index contributed by atoms with van der Waals surface area (Å²) in [6.45, 7) is 1.25. The standard InChI is InChI=1S/C30H37N3O3/c34-28(16-15-22-9-3-1-4-10-22)31-25-17-19-32(20-18-25)30(36)27-21-24-13-7-8-14-26(24)33(27)29(35)23-11-5-2-6-12-23/h1-6,9-12,24-27H,7-8,13-21H2,(H,31,34). The molecule has 2 heterocycles.